The van der Waals surface area contributed by atoms with Crippen LogP contribution in [0.15, 0.2) is 18.2 Å². The zero-order valence-electron chi connectivity index (χ0n) is 10.2. The molecule has 0 aliphatic carbocycles. The molecule has 3 nitrogen and oxygen atoms in total. The average molecular weight is 287 g/mol. The highest BCUT2D eigenvalue weighted by atomic mass is 35.5. The van der Waals surface area contributed by atoms with Crippen LogP contribution in [0.1, 0.15) is 19.8 Å². The number of hydrogen-bond donors (Lipinski definition) is 1. The lowest BCUT2D eigenvalue weighted by atomic mass is 10.0. The van der Waals surface area contributed by atoms with Gasteiger partial charge in [-0.05, 0) is 31.5 Å². The van der Waals surface area contributed by atoms with Crippen molar-refractivity contribution in [3.8, 4) is 0 Å². The van der Waals surface area contributed by atoms with E-state index in [-0.39, 0.29) is 11.9 Å². The second kappa shape index (κ2) is 5.91. The molecule has 1 N–H and O–H groups in total. The molecule has 1 heterocycles. The second-order valence-electron chi connectivity index (χ2n) is 4.32. The maximum absolute atomic E-state index is 12.3. The van der Waals surface area contributed by atoms with Crippen LogP contribution >= 0.6 is 23.2 Å². The fourth-order valence-electron chi connectivity index (χ4n) is 2.25. The van der Waals surface area contributed by atoms with Crippen LogP contribution in [0.5, 0.6) is 0 Å². The lowest BCUT2D eigenvalue weighted by Crippen LogP contribution is -2.50. The fraction of sp³-hybridized carbons (Fsp3) is 0.462. The van der Waals surface area contributed by atoms with Gasteiger partial charge in [-0.25, -0.2) is 0 Å². The maximum Gasteiger partial charge on any atom is 0.244 e. The topological polar surface area (TPSA) is 32.3 Å². The molecular weight excluding hydrogens is 271 g/mol. The third-order valence-electron chi connectivity index (χ3n) is 3.11. The van der Waals surface area contributed by atoms with Crippen LogP contribution in [0.4, 0.5) is 5.69 Å². The molecule has 1 saturated heterocycles. The Morgan fingerprint density at radius 1 is 1.44 bits per heavy atom. The van der Waals surface area contributed by atoms with Crippen LogP contribution in [-0.2, 0) is 4.79 Å². The van der Waals surface area contributed by atoms with Gasteiger partial charge >= 0.3 is 0 Å². The Morgan fingerprint density at radius 3 is 2.94 bits per heavy atom. The summed E-state index contributed by atoms with van der Waals surface area (Å²) >= 11 is 12.2. The Balaban J connectivity index is 2.27. The second-order valence-corrected chi connectivity index (χ2v) is 5.10. The van der Waals surface area contributed by atoms with E-state index < -0.39 is 0 Å². The smallest absolute Gasteiger partial charge is 0.244 e. The van der Waals surface area contributed by atoms with E-state index in [2.05, 4.69) is 5.32 Å². The number of halogens is 2. The number of piperidine rings is 1. The molecular formula is C13H16Cl2N2O. The minimum Gasteiger partial charge on any atom is -0.310 e. The van der Waals surface area contributed by atoms with Crippen LogP contribution < -0.4 is 10.2 Å². The molecule has 0 spiro atoms. The summed E-state index contributed by atoms with van der Waals surface area (Å²) in [5, 5.41) is 4.13. The lowest BCUT2D eigenvalue weighted by molar-refractivity contribution is -0.121. The highest BCUT2D eigenvalue weighted by Crippen LogP contribution is 2.34. The zero-order chi connectivity index (χ0) is 13.1. The Kier molecular flexibility index (Phi) is 4.49. The maximum atomic E-state index is 12.3. The minimum absolute atomic E-state index is 0.0762. The van der Waals surface area contributed by atoms with Gasteiger partial charge in [0.1, 0.15) is 0 Å². The van der Waals surface area contributed by atoms with Crippen molar-refractivity contribution in [3.05, 3.63) is 28.2 Å². The largest absolute Gasteiger partial charge is 0.310 e. The molecule has 0 saturated carbocycles. The van der Waals surface area contributed by atoms with Gasteiger partial charge in [0.15, 0.2) is 0 Å². The van der Waals surface area contributed by atoms with Crippen LogP contribution in [0.2, 0.25) is 10.0 Å². The van der Waals surface area contributed by atoms with Crippen molar-refractivity contribution in [1.82, 2.24) is 5.32 Å². The van der Waals surface area contributed by atoms with E-state index in [0.717, 1.165) is 19.4 Å². The normalized spacial score (nSPS) is 20.3. The van der Waals surface area contributed by atoms with Gasteiger partial charge in [-0.15, -0.1) is 0 Å². The molecule has 0 radical (unpaired) electrons. The van der Waals surface area contributed by atoms with E-state index in [1.54, 1.807) is 11.0 Å². The van der Waals surface area contributed by atoms with Crippen LogP contribution in [-0.4, -0.2) is 25.0 Å². The van der Waals surface area contributed by atoms with Gasteiger partial charge in [-0.1, -0.05) is 36.2 Å². The number of carbonyl (C=O) groups excluding carboxylic acids is 1. The van der Waals surface area contributed by atoms with Gasteiger partial charge in [0.05, 0.1) is 21.8 Å². The first-order valence-electron chi connectivity index (χ1n) is 6.14. The number of carbonyl (C=O) groups is 1. The summed E-state index contributed by atoms with van der Waals surface area (Å²) < 4.78 is 0. The van der Waals surface area contributed by atoms with Crippen molar-refractivity contribution in [2.75, 3.05) is 18.0 Å². The Morgan fingerprint density at radius 2 is 2.22 bits per heavy atom. The number of amides is 1. The monoisotopic (exact) mass is 286 g/mol. The summed E-state index contributed by atoms with van der Waals surface area (Å²) in [6.07, 6.45) is 1.84. The summed E-state index contributed by atoms with van der Waals surface area (Å²) in [7, 11) is 0. The number of hydrogen-bond acceptors (Lipinski definition) is 2. The van der Waals surface area contributed by atoms with Gasteiger partial charge in [-0.3, -0.25) is 4.79 Å². The quantitative estimate of drug-likeness (QED) is 0.926. The molecule has 1 aromatic carbocycles. The molecule has 1 aliphatic heterocycles. The molecule has 5 heteroatoms. The Labute approximate surface area is 117 Å². The van der Waals surface area contributed by atoms with E-state index in [0.29, 0.717) is 22.3 Å². The molecule has 1 aromatic rings. The van der Waals surface area contributed by atoms with Gasteiger partial charge in [0, 0.05) is 6.54 Å². The molecule has 0 bridgehead atoms. The average Bonchev–Trinajstić information content (AvgIpc) is 2.36. The number of rotatable bonds is 3. The molecule has 0 aromatic heterocycles. The summed E-state index contributed by atoms with van der Waals surface area (Å²) in [6.45, 7) is 3.48. The van der Waals surface area contributed by atoms with Gasteiger partial charge in [-0.2, -0.15) is 0 Å². The number of nitrogens with zero attached hydrogens (tertiary/aromatic N) is 1. The Hall–Kier alpha value is -0.770. The van der Waals surface area contributed by atoms with Crippen molar-refractivity contribution in [3.63, 3.8) is 0 Å². The highest BCUT2D eigenvalue weighted by molar-refractivity contribution is 6.44. The molecule has 2 rings (SSSR count). The lowest BCUT2D eigenvalue weighted by Gasteiger charge is -2.33. The fourth-order valence-corrected chi connectivity index (χ4v) is 2.65. The molecule has 1 atom stereocenters. The standard InChI is InChI=1S/C13H16Cl2N2O/c1-2-16-10-6-4-8-17(13(10)18)11-7-3-5-9(14)12(11)15/h3,5,7,10,16H,2,4,6,8H2,1H3. The summed E-state index contributed by atoms with van der Waals surface area (Å²) in [5.41, 5.74) is 0.705. The first-order valence-corrected chi connectivity index (χ1v) is 6.89. The molecule has 1 fully saturated rings. The van der Waals surface area contributed by atoms with Crippen molar-refractivity contribution in [2.24, 2.45) is 0 Å². The first kappa shape index (κ1) is 13.7. The van der Waals surface area contributed by atoms with Crippen molar-refractivity contribution in [2.45, 2.75) is 25.8 Å². The molecule has 1 aliphatic rings. The van der Waals surface area contributed by atoms with E-state index in [9.17, 15) is 4.79 Å². The van der Waals surface area contributed by atoms with Gasteiger partial charge in [0.2, 0.25) is 5.91 Å². The first-order chi connectivity index (χ1) is 8.65. The van der Waals surface area contributed by atoms with Crippen LogP contribution in [0.3, 0.4) is 0 Å². The minimum atomic E-state index is -0.112. The molecule has 98 valence electrons. The summed E-state index contributed by atoms with van der Waals surface area (Å²) in [5.74, 6) is 0.0762. The van der Waals surface area contributed by atoms with E-state index >= 15 is 0 Å². The number of likely N-dealkylation sites (N-methyl/N-ethyl adjacent to an activating group) is 1. The third-order valence-corrected chi connectivity index (χ3v) is 3.92. The number of anilines is 1. The van der Waals surface area contributed by atoms with Crippen LogP contribution in [0, 0.1) is 0 Å². The van der Waals surface area contributed by atoms with Crippen LogP contribution in [0.25, 0.3) is 0 Å². The van der Waals surface area contributed by atoms with E-state index in [1.165, 1.54) is 0 Å². The van der Waals surface area contributed by atoms with Gasteiger partial charge < -0.3 is 10.2 Å². The van der Waals surface area contributed by atoms with Crippen molar-refractivity contribution < 1.29 is 4.79 Å². The highest BCUT2D eigenvalue weighted by Gasteiger charge is 2.30. The van der Waals surface area contributed by atoms with E-state index in [4.69, 9.17) is 23.2 Å². The Bertz CT molecular complexity index is 449. The third kappa shape index (κ3) is 2.63. The predicted molar refractivity (Wildman–Crippen MR) is 75.5 cm³/mol. The zero-order valence-corrected chi connectivity index (χ0v) is 11.8. The molecule has 18 heavy (non-hydrogen) atoms. The van der Waals surface area contributed by atoms with Crippen molar-refractivity contribution >= 4 is 34.8 Å². The van der Waals surface area contributed by atoms with E-state index in [1.807, 2.05) is 19.1 Å². The molecule has 1 unspecified atom stereocenters. The summed E-state index contributed by atoms with van der Waals surface area (Å²) in [6, 6.07) is 5.26. The SMILES string of the molecule is CCNC1CCCN(c2cccc(Cl)c2Cl)C1=O. The number of benzene rings is 1. The predicted octanol–water partition coefficient (Wildman–Crippen LogP) is 3.10. The van der Waals surface area contributed by atoms with Crippen molar-refractivity contribution in [1.29, 1.82) is 0 Å². The van der Waals surface area contributed by atoms with Gasteiger partial charge in [0.25, 0.3) is 0 Å². The number of nitrogens with one attached hydrogen (secondary N) is 1. The summed E-state index contributed by atoms with van der Waals surface area (Å²) in [4.78, 5) is 14.1. The molecule has 1 amide bonds.